The van der Waals surface area contributed by atoms with Crippen molar-refractivity contribution in [1.82, 2.24) is 19.8 Å². The molecule has 3 aromatic rings. The molecular weight excluding hydrogens is 540 g/mol. The fourth-order valence-electron chi connectivity index (χ4n) is 5.61. The average Bonchev–Trinajstić information content (AvgIpc) is 3.74. The normalized spacial score (nSPS) is 22.5. The molecule has 9 nitrogen and oxygen atoms in total. The smallest absolute Gasteiger partial charge is 0.240 e. The molecule has 2 N–H and O–H groups in total. The Balaban J connectivity index is 1.21. The van der Waals surface area contributed by atoms with E-state index in [1.54, 1.807) is 12.1 Å². The zero-order valence-electron chi connectivity index (χ0n) is 23.2. The highest BCUT2D eigenvalue weighted by Gasteiger charge is 2.36. The Morgan fingerprint density at radius 2 is 1.63 bits per heavy atom. The summed E-state index contributed by atoms with van der Waals surface area (Å²) in [7, 11) is -2.08. The summed E-state index contributed by atoms with van der Waals surface area (Å²) in [6, 6.07) is 23.2. The summed E-state index contributed by atoms with van der Waals surface area (Å²) in [5.41, 5.74) is 3.11. The summed E-state index contributed by atoms with van der Waals surface area (Å²) in [6.45, 7) is 3.33. The molecule has 41 heavy (non-hydrogen) atoms. The number of benzene rings is 3. The van der Waals surface area contributed by atoms with Gasteiger partial charge in [-0.25, -0.2) is 13.1 Å². The summed E-state index contributed by atoms with van der Waals surface area (Å²) in [5, 5.41) is 3.28. The maximum atomic E-state index is 13.3. The second-order valence-electron chi connectivity index (χ2n) is 11.1. The molecule has 6 rings (SSSR count). The lowest BCUT2D eigenvalue weighted by molar-refractivity contribution is -0.124. The Hall–Kier alpha value is -3.28. The molecule has 2 atom stereocenters. The Morgan fingerprint density at radius 1 is 0.927 bits per heavy atom. The molecule has 2 aliphatic heterocycles. The number of carbonyl (C=O) groups excluding carboxylic acids is 1. The Bertz CT molecular complexity index is 1490. The van der Waals surface area contributed by atoms with E-state index in [1.165, 1.54) is 7.05 Å². The highest BCUT2D eigenvalue weighted by Crippen LogP contribution is 2.30. The van der Waals surface area contributed by atoms with Crippen LogP contribution in [0.4, 0.5) is 0 Å². The fraction of sp³-hybridized carbons (Fsp3) is 0.387. The van der Waals surface area contributed by atoms with E-state index >= 15 is 0 Å². The van der Waals surface area contributed by atoms with Crippen LogP contribution in [-0.4, -0.2) is 69.0 Å². The minimum absolute atomic E-state index is 0.000436. The standard InChI is InChI=1S/C31H36N4O5S/c1-32-41(37,38)28-12-8-22(9-13-28)16-34-18-29-30(19-34)39-21-24-5-3-7-27(15-24)40-26-6-2-4-23(14-26)17-35(25-10-11-25)20-31(36)33-29/h2-9,12-15,25,29-30,32H,10-11,16-21H2,1H3,(H,33,36)/t29-,30-/m0/s1. The summed E-state index contributed by atoms with van der Waals surface area (Å²) in [5.74, 6) is 1.53. The van der Waals surface area contributed by atoms with Crippen molar-refractivity contribution in [2.75, 3.05) is 26.7 Å². The van der Waals surface area contributed by atoms with Gasteiger partial charge in [0.05, 0.1) is 30.2 Å². The molecule has 1 amide bonds. The van der Waals surface area contributed by atoms with E-state index < -0.39 is 10.0 Å². The fourth-order valence-corrected chi connectivity index (χ4v) is 6.34. The topological polar surface area (TPSA) is 100 Å². The summed E-state index contributed by atoms with van der Waals surface area (Å²) >= 11 is 0. The van der Waals surface area contributed by atoms with Gasteiger partial charge >= 0.3 is 0 Å². The summed E-state index contributed by atoms with van der Waals surface area (Å²) in [6.07, 6.45) is 2.02. The third kappa shape index (κ3) is 6.97. The lowest BCUT2D eigenvalue weighted by Crippen LogP contribution is -2.48. The molecule has 4 bridgehead atoms. The molecule has 10 heteroatoms. The molecule has 0 spiro atoms. The predicted molar refractivity (Wildman–Crippen MR) is 155 cm³/mol. The van der Waals surface area contributed by atoms with Crippen molar-refractivity contribution in [3.05, 3.63) is 89.5 Å². The third-order valence-corrected chi connectivity index (χ3v) is 9.32. The van der Waals surface area contributed by atoms with Gasteiger partial charge < -0.3 is 14.8 Å². The maximum Gasteiger partial charge on any atom is 0.240 e. The molecule has 0 aromatic heterocycles. The number of hydrogen-bond acceptors (Lipinski definition) is 7. The van der Waals surface area contributed by atoms with Crippen molar-refractivity contribution in [1.29, 1.82) is 0 Å². The number of nitrogens with zero attached hydrogens (tertiary/aromatic N) is 2. The van der Waals surface area contributed by atoms with Gasteiger partial charge in [-0.2, -0.15) is 0 Å². The van der Waals surface area contributed by atoms with Crippen LogP contribution in [0.15, 0.2) is 77.7 Å². The van der Waals surface area contributed by atoms with E-state index in [0.717, 1.165) is 41.0 Å². The van der Waals surface area contributed by atoms with E-state index in [-0.39, 0.29) is 22.9 Å². The lowest BCUT2D eigenvalue weighted by atomic mass is 10.1. The largest absolute Gasteiger partial charge is 0.457 e. The van der Waals surface area contributed by atoms with Gasteiger partial charge in [-0.15, -0.1) is 0 Å². The van der Waals surface area contributed by atoms with E-state index in [4.69, 9.17) is 9.47 Å². The Labute approximate surface area is 241 Å². The molecule has 3 aliphatic rings. The van der Waals surface area contributed by atoms with Crippen molar-refractivity contribution in [2.24, 2.45) is 0 Å². The number of sulfonamides is 1. The molecule has 2 fully saturated rings. The average molecular weight is 577 g/mol. The maximum absolute atomic E-state index is 13.3. The molecular formula is C31H36N4O5S. The molecule has 0 radical (unpaired) electrons. The second kappa shape index (κ2) is 11.9. The first kappa shape index (κ1) is 27.9. The SMILES string of the molecule is CNS(=O)(=O)c1ccc(CN2C[C@@H]3NC(=O)CN(C4CC4)Cc4cccc(c4)Oc4cccc(c4)CO[C@H]3C2)cc1. The van der Waals surface area contributed by atoms with Crippen LogP contribution in [0, 0.1) is 0 Å². The second-order valence-corrected chi connectivity index (χ2v) is 13.0. The van der Waals surface area contributed by atoms with E-state index in [9.17, 15) is 13.2 Å². The van der Waals surface area contributed by atoms with Crippen LogP contribution < -0.4 is 14.8 Å². The van der Waals surface area contributed by atoms with Crippen LogP contribution in [0.3, 0.4) is 0 Å². The van der Waals surface area contributed by atoms with Crippen LogP contribution in [0.2, 0.25) is 0 Å². The highest BCUT2D eigenvalue weighted by atomic mass is 32.2. The van der Waals surface area contributed by atoms with Gasteiger partial charge in [0.1, 0.15) is 11.5 Å². The summed E-state index contributed by atoms with van der Waals surface area (Å²) < 4.78 is 39.2. The van der Waals surface area contributed by atoms with E-state index in [0.29, 0.717) is 45.4 Å². The van der Waals surface area contributed by atoms with Crippen molar-refractivity contribution < 1.29 is 22.7 Å². The van der Waals surface area contributed by atoms with Crippen LogP contribution in [0.25, 0.3) is 0 Å². The number of ether oxygens (including phenoxy) is 2. The molecule has 1 saturated heterocycles. The van der Waals surface area contributed by atoms with Gasteiger partial charge in [0.15, 0.2) is 0 Å². The minimum atomic E-state index is -3.48. The number of carbonyl (C=O) groups is 1. The van der Waals surface area contributed by atoms with Crippen LogP contribution >= 0.6 is 0 Å². The van der Waals surface area contributed by atoms with Crippen molar-refractivity contribution >= 4 is 15.9 Å². The quantitative estimate of drug-likeness (QED) is 0.481. The van der Waals surface area contributed by atoms with Crippen molar-refractivity contribution in [3.63, 3.8) is 0 Å². The molecule has 0 unspecified atom stereocenters. The van der Waals surface area contributed by atoms with Gasteiger partial charge in [-0.05, 0) is 73.0 Å². The lowest BCUT2D eigenvalue weighted by Gasteiger charge is -2.25. The Kier molecular flexibility index (Phi) is 8.10. The minimum Gasteiger partial charge on any atom is -0.457 e. The van der Waals surface area contributed by atoms with Gasteiger partial charge in [0.2, 0.25) is 15.9 Å². The third-order valence-electron chi connectivity index (χ3n) is 7.89. The van der Waals surface area contributed by atoms with Crippen LogP contribution in [-0.2, 0) is 39.3 Å². The molecule has 3 aromatic carbocycles. The van der Waals surface area contributed by atoms with Crippen molar-refractivity contribution in [3.8, 4) is 11.5 Å². The molecule has 1 saturated carbocycles. The molecule has 1 aliphatic carbocycles. The van der Waals surface area contributed by atoms with Gasteiger partial charge in [0, 0.05) is 32.2 Å². The number of nitrogens with one attached hydrogen (secondary N) is 2. The predicted octanol–water partition coefficient (Wildman–Crippen LogP) is 3.25. The number of hydrogen-bond donors (Lipinski definition) is 2. The molecule has 216 valence electrons. The highest BCUT2D eigenvalue weighted by molar-refractivity contribution is 7.89. The van der Waals surface area contributed by atoms with E-state index in [2.05, 4.69) is 25.9 Å². The first-order valence-electron chi connectivity index (χ1n) is 14.1. The number of amides is 1. The summed E-state index contributed by atoms with van der Waals surface area (Å²) in [4.78, 5) is 18.1. The monoisotopic (exact) mass is 576 g/mol. The van der Waals surface area contributed by atoms with E-state index in [1.807, 2.05) is 54.6 Å². The first-order chi connectivity index (χ1) is 19.8. The van der Waals surface area contributed by atoms with Gasteiger partial charge in [0.25, 0.3) is 0 Å². The number of likely N-dealkylation sites (tertiary alicyclic amines) is 1. The number of fused-ring (bicyclic) bond motifs is 5. The number of rotatable bonds is 5. The van der Waals surface area contributed by atoms with Crippen LogP contribution in [0.5, 0.6) is 11.5 Å². The first-order valence-corrected chi connectivity index (χ1v) is 15.6. The van der Waals surface area contributed by atoms with Crippen LogP contribution in [0.1, 0.15) is 29.5 Å². The van der Waals surface area contributed by atoms with Crippen molar-refractivity contribution in [2.45, 2.75) is 55.6 Å². The zero-order valence-corrected chi connectivity index (χ0v) is 24.0. The Morgan fingerprint density at radius 3 is 2.34 bits per heavy atom. The zero-order chi connectivity index (χ0) is 28.4. The molecule has 2 heterocycles. The van der Waals surface area contributed by atoms with Gasteiger partial charge in [-0.1, -0.05) is 36.4 Å². The van der Waals surface area contributed by atoms with Gasteiger partial charge in [-0.3, -0.25) is 14.6 Å².